The molecule has 14 rings (SSSR count). The molecule has 0 spiro atoms. The number of benzene rings is 10. The summed E-state index contributed by atoms with van der Waals surface area (Å²) < 4.78 is 6.93. The van der Waals surface area contributed by atoms with Crippen molar-refractivity contribution in [1.82, 2.24) is 23.7 Å². The maximum absolute atomic E-state index is 10.7. The summed E-state index contributed by atoms with van der Waals surface area (Å²) in [7, 11) is 0. The second-order valence-electron chi connectivity index (χ2n) is 18.7. The lowest BCUT2D eigenvalue weighted by atomic mass is 9.97. The molecule has 8 nitrogen and oxygen atoms in total. The van der Waals surface area contributed by atoms with Crippen molar-refractivity contribution in [3.8, 4) is 74.2 Å². The third-order valence-corrected chi connectivity index (χ3v) is 14.5. The van der Waals surface area contributed by atoms with Crippen LogP contribution in [0.5, 0.6) is 0 Å². The quantitative estimate of drug-likeness (QED) is 0.149. The fourth-order valence-corrected chi connectivity index (χ4v) is 11.1. The van der Waals surface area contributed by atoms with Gasteiger partial charge in [-0.1, -0.05) is 127 Å². The lowest BCUT2D eigenvalue weighted by molar-refractivity contribution is 1.16. The van der Waals surface area contributed by atoms with Crippen molar-refractivity contribution in [2.75, 3.05) is 0 Å². The van der Waals surface area contributed by atoms with E-state index in [4.69, 9.17) is 16.5 Å². The molecule has 0 aliphatic carbocycles. The summed E-state index contributed by atoms with van der Waals surface area (Å²) in [5, 5.41) is 27.0. The Morgan fingerprint density at radius 2 is 0.853 bits per heavy atom. The molecule has 0 atom stereocenters. The molecule has 0 radical (unpaired) electrons. The van der Waals surface area contributed by atoms with Gasteiger partial charge in [0.05, 0.1) is 74.3 Å². The van der Waals surface area contributed by atoms with Crippen molar-refractivity contribution in [3.05, 3.63) is 253 Å². The number of aromatic nitrogens is 5. The van der Waals surface area contributed by atoms with Gasteiger partial charge in [-0.25, -0.2) is 14.8 Å². The monoisotopic (exact) mass is 954 g/mol. The van der Waals surface area contributed by atoms with Gasteiger partial charge in [0, 0.05) is 60.7 Å². The Morgan fingerprint density at radius 1 is 0.360 bits per heavy atom. The van der Waals surface area contributed by atoms with Gasteiger partial charge in [0.1, 0.15) is 0 Å². The molecular formula is C67H38N8. The molecule has 8 heteroatoms. The Hall–Kier alpha value is -10.9. The van der Waals surface area contributed by atoms with Crippen molar-refractivity contribution in [1.29, 1.82) is 10.5 Å². The normalized spacial score (nSPS) is 11.4. The number of rotatable bonds is 7. The number of hydrogen-bond acceptors (Lipinski definition) is 4. The summed E-state index contributed by atoms with van der Waals surface area (Å²) in [6, 6.07) is 83.4. The van der Waals surface area contributed by atoms with E-state index in [1.165, 1.54) is 0 Å². The van der Waals surface area contributed by atoms with E-state index in [2.05, 4.69) is 152 Å². The van der Waals surface area contributed by atoms with Crippen molar-refractivity contribution >= 4 is 71.1 Å². The smallest absolute Gasteiger partial charge is 0.188 e. The molecule has 346 valence electrons. The zero-order chi connectivity index (χ0) is 50.1. The highest BCUT2D eigenvalue weighted by atomic mass is 15.0. The maximum Gasteiger partial charge on any atom is 0.188 e. The molecule has 4 aromatic heterocycles. The fraction of sp³-hybridized carbons (Fsp3) is 0. The van der Waals surface area contributed by atoms with Crippen molar-refractivity contribution in [2.24, 2.45) is 0 Å². The van der Waals surface area contributed by atoms with Crippen LogP contribution in [0.1, 0.15) is 11.1 Å². The number of fused-ring (bicyclic) bond motifs is 9. The largest absolute Gasteiger partial charge is 0.309 e. The van der Waals surface area contributed by atoms with Crippen LogP contribution in [-0.2, 0) is 0 Å². The highest BCUT2D eigenvalue weighted by Gasteiger charge is 2.21. The van der Waals surface area contributed by atoms with Crippen molar-refractivity contribution in [2.45, 2.75) is 0 Å². The third kappa shape index (κ3) is 6.96. The van der Waals surface area contributed by atoms with Crippen LogP contribution in [0, 0.1) is 29.2 Å². The van der Waals surface area contributed by atoms with E-state index in [9.17, 15) is 10.5 Å². The van der Waals surface area contributed by atoms with E-state index in [-0.39, 0.29) is 0 Å². The topological polar surface area (TPSA) is 92.5 Å². The molecule has 0 fully saturated rings. The molecule has 0 N–H and O–H groups in total. The first-order valence-electron chi connectivity index (χ1n) is 24.6. The predicted molar refractivity (Wildman–Crippen MR) is 302 cm³/mol. The first-order chi connectivity index (χ1) is 37.0. The molecule has 4 heterocycles. The third-order valence-electron chi connectivity index (χ3n) is 14.5. The highest BCUT2D eigenvalue weighted by molar-refractivity contribution is 6.14. The van der Waals surface area contributed by atoms with E-state index in [1.54, 1.807) is 0 Å². The molecule has 0 saturated carbocycles. The van der Waals surface area contributed by atoms with Gasteiger partial charge in [-0.15, -0.1) is 0 Å². The molecule has 0 aliphatic rings. The first-order valence-corrected chi connectivity index (χ1v) is 24.6. The van der Waals surface area contributed by atoms with Crippen molar-refractivity contribution in [3.63, 3.8) is 0 Å². The number of para-hydroxylation sites is 2. The summed E-state index contributed by atoms with van der Waals surface area (Å²) in [5.41, 5.74) is 17.0. The lowest BCUT2D eigenvalue weighted by Crippen LogP contribution is -1.97. The highest BCUT2D eigenvalue weighted by Crippen LogP contribution is 2.41. The minimum atomic E-state index is 0.520. The summed E-state index contributed by atoms with van der Waals surface area (Å²) in [4.78, 5) is 13.7. The van der Waals surface area contributed by atoms with Crippen molar-refractivity contribution < 1.29 is 0 Å². The van der Waals surface area contributed by atoms with Crippen LogP contribution in [0.4, 0.5) is 5.69 Å². The molecule has 0 bridgehead atoms. The van der Waals surface area contributed by atoms with E-state index in [0.29, 0.717) is 28.3 Å². The summed E-state index contributed by atoms with van der Waals surface area (Å²) >= 11 is 0. The summed E-state index contributed by atoms with van der Waals surface area (Å²) in [5.74, 6) is 0.595. The fourth-order valence-electron chi connectivity index (χ4n) is 11.1. The molecule has 0 saturated heterocycles. The second-order valence-corrected chi connectivity index (χ2v) is 18.7. The van der Waals surface area contributed by atoms with Crippen LogP contribution < -0.4 is 0 Å². The molecular weight excluding hydrogens is 917 g/mol. The van der Waals surface area contributed by atoms with Gasteiger partial charge in [-0.05, 0) is 120 Å². The molecule has 0 amide bonds. The summed E-state index contributed by atoms with van der Waals surface area (Å²) in [6.07, 6.45) is 0. The van der Waals surface area contributed by atoms with Gasteiger partial charge in [-0.3, -0.25) is 0 Å². The Kier molecular flexibility index (Phi) is 9.85. The van der Waals surface area contributed by atoms with Gasteiger partial charge in [-0.2, -0.15) is 10.5 Å². The van der Waals surface area contributed by atoms with Crippen LogP contribution in [0.2, 0.25) is 0 Å². The average molecular weight is 955 g/mol. The molecule has 0 aliphatic heterocycles. The Labute approximate surface area is 430 Å². The standard InChI is InChI=1S/C67H38N8/c1-70-48-24-31-64-56(36-48)54-17-9-11-19-62(54)75(64)51-28-33-66-58(38-51)57-37-50(74-61-18-10-8-16-53(61)55-34-42(40-68)20-30-63(55)74)27-32-65(57)73(66)49-25-21-43(22-26-49)46-23-29-52(47(35-46)41-69)60-39-59(44-12-4-2-5-13-44)71-67(72-60)45-14-6-3-7-15-45/h2-39H. The van der Waals surface area contributed by atoms with Crippen LogP contribution in [0.25, 0.3) is 132 Å². The Balaban J connectivity index is 0.916. The number of hydrogen-bond donors (Lipinski definition) is 0. The zero-order valence-electron chi connectivity index (χ0n) is 40.0. The van der Waals surface area contributed by atoms with E-state index in [0.717, 1.165) is 116 Å². The van der Waals surface area contributed by atoms with Crippen LogP contribution in [0.15, 0.2) is 231 Å². The SMILES string of the molecule is [C-]#[N+]c1ccc2c(c1)c1ccccc1n2-c1ccc2c(c1)c1cc(-n3c4ccccc4c4cc(C#N)ccc43)ccc1n2-c1ccc(-c2ccc(-c3cc(-c4ccccc4)nc(-c4ccccc4)n3)c(C#N)c2)cc1. The molecule has 0 unspecified atom stereocenters. The Bertz CT molecular complexity index is 4540. The van der Waals surface area contributed by atoms with Gasteiger partial charge < -0.3 is 13.7 Å². The molecule has 14 aromatic rings. The Morgan fingerprint density at radius 3 is 1.47 bits per heavy atom. The van der Waals surface area contributed by atoms with Gasteiger partial charge in [0.15, 0.2) is 11.5 Å². The number of nitriles is 2. The summed E-state index contributed by atoms with van der Waals surface area (Å²) in [6.45, 7) is 7.77. The molecule has 10 aromatic carbocycles. The van der Waals surface area contributed by atoms with Crippen LogP contribution in [0.3, 0.4) is 0 Å². The van der Waals surface area contributed by atoms with Crippen LogP contribution in [-0.4, -0.2) is 23.7 Å². The predicted octanol–water partition coefficient (Wildman–Crippen LogP) is 16.7. The second kappa shape index (κ2) is 17.2. The first kappa shape index (κ1) is 43.0. The lowest BCUT2D eigenvalue weighted by Gasteiger charge is -2.13. The van der Waals surface area contributed by atoms with Gasteiger partial charge in [0.2, 0.25) is 0 Å². The average Bonchev–Trinajstić information content (AvgIpc) is 4.12. The van der Waals surface area contributed by atoms with E-state index in [1.807, 2.05) is 109 Å². The van der Waals surface area contributed by atoms with Gasteiger partial charge >= 0.3 is 0 Å². The zero-order valence-corrected chi connectivity index (χ0v) is 40.0. The molecule has 75 heavy (non-hydrogen) atoms. The van der Waals surface area contributed by atoms with Gasteiger partial charge in [0.25, 0.3) is 0 Å². The minimum absolute atomic E-state index is 0.520. The number of nitrogens with zero attached hydrogens (tertiary/aromatic N) is 8. The minimum Gasteiger partial charge on any atom is -0.309 e. The maximum atomic E-state index is 10.7. The van der Waals surface area contributed by atoms with Crippen LogP contribution >= 0.6 is 0 Å². The van der Waals surface area contributed by atoms with E-state index < -0.39 is 0 Å². The van der Waals surface area contributed by atoms with E-state index >= 15 is 0 Å².